The molecule has 1 aromatic carbocycles. The number of carbonyl (C=O) groups excluding carboxylic acids is 1. The molecule has 1 aliphatic rings. The molecule has 204 valence electrons. The summed E-state index contributed by atoms with van der Waals surface area (Å²) in [5.74, 6) is 0.356. The average molecular weight is 541 g/mol. The van der Waals surface area contributed by atoms with Crippen LogP contribution in [0.15, 0.2) is 53.2 Å². The van der Waals surface area contributed by atoms with E-state index in [1.54, 1.807) is 6.20 Å². The lowest BCUT2D eigenvalue weighted by Gasteiger charge is -2.14. The number of aromatic nitrogens is 5. The number of pyridine rings is 1. The van der Waals surface area contributed by atoms with E-state index in [9.17, 15) is 18.0 Å². The number of amides is 1. The molecule has 0 saturated carbocycles. The fourth-order valence-corrected chi connectivity index (χ4v) is 4.51. The molecule has 12 heteroatoms. The molecular formula is C27H27F3N6O3. The predicted octanol–water partition coefficient (Wildman–Crippen LogP) is 5.20. The Balaban J connectivity index is 1.19. The molecular weight excluding hydrogens is 513 g/mol. The summed E-state index contributed by atoms with van der Waals surface area (Å²) >= 11 is 0. The second-order valence-corrected chi connectivity index (χ2v) is 9.42. The Labute approximate surface area is 222 Å². The third-order valence-corrected chi connectivity index (χ3v) is 6.47. The molecule has 0 bridgehead atoms. The number of alkyl halides is 3. The van der Waals surface area contributed by atoms with Crippen LogP contribution in [0.1, 0.15) is 42.6 Å². The van der Waals surface area contributed by atoms with E-state index in [4.69, 9.17) is 4.52 Å². The summed E-state index contributed by atoms with van der Waals surface area (Å²) in [6.45, 7) is 4.14. The Morgan fingerprint density at radius 1 is 1.10 bits per heavy atom. The lowest BCUT2D eigenvalue weighted by atomic mass is 10.1. The van der Waals surface area contributed by atoms with Crippen LogP contribution in [0.25, 0.3) is 23.0 Å². The van der Waals surface area contributed by atoms with Gasteiger partial charge in [0.15, 0.2) is 5.69 Å². The molecule has 0 aliphatic carbocycles. The minimum absolute atomic E-state index is 0.203. The largest absolute Gasteiger partial charge is 0.573 e. The highest BCUT2D eigenvalue weighted by Crippen LogP contribution is 2.27. The molecule has 0 N–H and O–H groups in total. The summed E-state index contributed by atoms with van der Waals surface area (Å²) in [5, 5.41) is 8.55. The van der Waals surface area contributed by atoms with Crippen molar-refractivity contribution in [1.29, 1.82) is 0 Å². The third-order valence-electron chi connectivity index (χ3n) is 6.47. The van der Waals surface area contributed by atoms with Crippen molar-refractivity contribution < 1.29 is 27.2 Å². The van der Waals surface area contributed by atoms with Gasteiger partial charge in [0.25, 0.3) is 5.89 Å². The van der Waals surface area contributed by atoms with Gasteiger partial charge in [-0.1, -0.05) is 5.16 Å². The fraction of sp³-hybridized carbons (Fsp3) is 0.370. The van der Waals surface area contributed by atoms with Gasteiger partial charge >= 0.3 is 6.36 Å². The molecule has 1 saturated heterocycles. The number of hydrogen-bond acceptors (Lipinski definition) is 7. The van der Waals surface area contributed by atoms with E-state index >= 15 is 0 Å². The smallest absolute Gasteiger partial charge is 0.406 e. The topological polar surface area (TPSA) is 99.2 Å². The zero-order valence-corrected chi connectivity index (χ0v) is 21.3. The number of aryl methyl sites for hydroxylation is 2. The number of unbranched alkanes of at least 4 members (excludes halogenated alkanes) is 1. The number of nitrogens with zero attached hydrogens (tertiary/aromatic N) is 6. The lowest BCUT2D eigenvalue weighted by molar-refractivity contribution is -0.274. The van der Waals surface area contributed by atoms with E-state index in [0.29, 0.717) is 24.2 Å². The Morgan fingerprint density at radius 2 is 1.92 bits per heavy atom. The Morgan fingerprint density at radius 3 is 2.67 bits per heavy atom. The first-order chi connectivity index (χ1) is 18.7. The molecule has 0 spiro atoms. The van der Waals surface area contributed by atoms with Crippen LogP contribution in [0.4, 0.5) is 13.2 Å². The SMILES string of the molecule is Cc1cc(-c2nc(-c3ccc(OC(F)(F)F)cc3)no2)nn1Cc1ccnc(CCCCN2CCCC2=O)c1. The van der Waals surface area contributed by atoms with Gasteiger partial charge in [-0.15, -0.1) is 13.2 Å². The van der Waals surface area contributed by atoms with Gasteiger partial charge in [0.1, 0.15) is 5.75 Å². The quantitative estimate of drug-likeness (QED) is 0.255. The van der Waals surface area contributed by atoms with E-state index in [1.807, 2.05) is 28.6 Å². The minimum atomic E-state index is -4.76. The van der Waals surface area contributed by atoms with Crippen LogP contribution in [-0.4, -0.2) is 55.2 Å². The number of hydrogen-bond donors (Lipinski definition) is 0. The van der Waals surface area contributed by atoms with Gasteiger partial charge in [0, 0.05) is 42.7 Å². The maximum Gasteiger partial charge on any atom is 0.573 e. The molecule has 1 amide bonds. The Hall–Kier alpha value is -4.22. The molecule has 4 heterocycles. The maximum atomic E-state index is 12.4. The van der Waals surface area contributed by atoms with Gasteiger partial charge < -0.3 is 14.2 Å². The number of rotatable bonds is 10. The van der Waals surface area contributed by atoms with Crippen LogP contribution in [0.5, 0.6) is 5.75 Å². The van der Waals surface area contributed by atoms with Crippen molar-refractivity contribution in [3.8, 4) is 28.7 Å². The van der Waals surface area contributed by atoms with E-state index in [2.05, 4.69) is 31.0 Å². The van der Waals surface area contributed by atoms with Crippen LogP contribution in [0, 0.1) is 6.92 Å². The average Bonchev–Trinajstić information content (AvgIpc) is 3.63. The summed E-state index contributed by atoms with van der Waals surface area (Å²) in [7, 11) is 0. The van der Waals surface area contributed by atoms with Crippen LogP contribution in [0.3, 0.4) is 0 Å². The molecule has 1 fully saturated rings. The second-order valence-electron chi connectivity index (χ2n) is 9.42. The van der Waals surface area contributed by atoms with Crippen molar-refractivity contribution in [2.75, 3.05) is 13.1 Å². The highest BCUT2D eigenvalue weighted by atomic mass is 19.4. The fourth-order valence-electron chi connectivity index (χ4n) is 4.51. The normalized spacial score (nSPS) is 13.8. The van der Waals surface area contributed by atoms with E-state index in [1.165, 1.54) is 24.3 Å². The monoisotopic (exact) mass is 540 g/mol. The molecule has 0 atom stereocenters. The minimum Gasteiger partial charge on any atom is -0.406 e. The van der Waals surface area contributed by atoms with Crippen molar-refractivity contribution in [2.45, 2.75) is 51.9 Å². The Bertz CT molecular complexity index is 1430. The second kappa shape index (κ2) is 11.3. The van der Waals surface area contributed by atoms with Crippen LogP contribution in [-0.2, 0) is 17.8 Å². The summed E-state index contributed by atoms with van der Waals surface area (Å²) in [5.41, 5.74) is 3.92. The summed E-state index contributed by atoms with van der Waals surface area (Å²) in [4.78, 5) is 22.5. The van der Waals surface area contributed by atoms with Gasteiger partial charge in [-0.2, -0.15) is 10.1 Å². The number of ether oxygens (including phenoxy) is 1. The van der Waals surface area contributed by atoms with Crippen molar-refractivity contribution in [3.63, 3.8) is 0 Å². The highest BCUT2D eigenvalue weighted by molar-refractivity contribution is 5.78. The first kappa shape index (κ1) is 26.4. The zero-order chi connectivity index (χ0) is 27.4. The van der Waals surface area contributed by atoms with Crippen molar-refractivity contribution in [3.05, 3.63) is 65.6 Å². The number of halogens is 3. The van der Waals surface area contributed by atoms with Crippen molar-refractivity contribution >= 4 is 5.91 Å². The summed E-state index contributed by atoms with van der Waals surface area (Å²) < 4.78 is 48.3. The first-order valence-corrected chi connectivity index (χ1v) is 12.7. The highest BCUT2D eigenvalue weighted by Gasteiger charge is 2.31. The lowest BCUT2D eigenvalue weighted by Crippen LogP contribution is -2.25. The van der Waals surface area contributed by atoms with Crippen molar-refractivity contribution in [1.82, 2.24) is 29.8 Å². The number of benzene rings is 1. The molecule has 0 unspecified atom stereocenters. The van der Waals surface area contributed by atoms with Gasteiger partial charge in [0.05, 0.1) is 6.54 Å². The van der Waals surface area contributed by atoms with Gasteiger partial charge in [-0.05, 0) is 80.6 Å². The summed E-state index contributed by atoms with van der Waals surface area (Å²) in [6, 6.07) is 11.1. The number of likely N-dealkylation sites (tertiary alicyclic amines) is 1. The van der Waals surface area contributed by atoms with Crippen LogP contribution < -0.4 is 4.74 Å². The molecule has 39 heavy (non-hydrogen) atoms. The van der Waals surface area contributed by atoms with Gasteiger partial charge in [-0.3, -0.25) is 14.5 Å². The molecule has 3 aromatic heterocycles. The van der Waals surface area contributed by atoms with Gasteiger partial charge in [0.2, 0.25) is 11.7 Å². The zero-order valence-electron chi connectivity index (χ0n) is 21.3. The van der Waals surface area contributed by atoms with E-state index in [-0.39, 0.29) is 23.4 Å². The van der Waals surface area contributed by atoms with Crippen LogP contribution in [0.2, 0.25) is 0 Å². The standard InChI is InChI=1S/C27H27F3N6O3/c1-18-15-23(26-32-25(34-39-26)20-7-9-22(10-8-20)38-27(28,29)30)33-36(18)17-19-11-12-31-21(16-19)5-2-3-13-35-14-4-6-24(35)37/h7-12,15-16H,2-6,13-14,17H2,1H3. The maximum absolute atomic E-state index is 12.4. The molecule has 9 nitrogen and oxygen atoms in total. The molecule has 4 aromatic rings. The number of carbonyl (C=O) groups is 1. The van der Waals surface area contributed by atoms with E-state index < -0.39 is 6.36 Å². The molecule has 0 radical (unpaired) electrons. The Kier molecular flexibility index (Phi) is 7.62. The van der Waals surface area contributed by atoms with Crippen LogP contribution >= 0.6 is 0 Å². The summed E-state index contributed by atoms with van der Waals surface area (Å²) in [6.07, 6.45) is 1.42. The van der Waals surface area contributed by atoms with Gasteiger partial charge in [-0.25, -0.2) is 0 Å². The predicted molar refractivity (Wildman–Crippen MR) is 134 cm³/mol. The van der Waals surface area contributed by atoms with E-state index in [0.717, 1.165) is 55.7 Å². The van der Waals surface area contributed by atoms with Crippen molar-refractivity contribution in [2.24, 2.45) is 0 Å². The first-order valence-electron chi connectivity index (χ1n) is 12.7. The third kappa shape index (κ3) is 6.81. The molecule has 1 aliphatic heterocycles. The molecule has 5 rings (SSSR count).